The predicted molar refractivity (Wildman–Crippen MR) is 73.6 cm³/mol. The van der Waals surface area contributed by atoms with Crippen LogP contribution in [0.25, 0.3) is 0 Å². The summed E-state index contributed by atoms with van der Waals surface area (Å²) >= 11 is 0. The molecule has 2 atom stereocenters. The molecule has 2 heterocycles. The van der Waals surface area contributed by atoms with E-state index in [1.165, 1.54) is 0 Å². The smallest absolute Gasteiger partial charge is 0.150 e. The second-order valence-electron chi connectivity index (χ2n) is 6.46. The number of hydrogen-bond donors (Lipinski definition) is 1. The van der Waals surface area contributed by atoms with Gasteiger partial charge in [-0.25, -0.2) is 8.42 Å². The van der Waals surface area contributed by atoms with E-state index in [-0.39, 0.29) is 22.8 Å². The van der Waals surface area contributed by atoms with Gasteiger partial charge in [-0.3, -0.25) is 4.68 Å². The minimum atomic E-state index is -2.98. The lowest BCUT2D eigenvalue weighted by molar-refractivity contribution is 0.119. The molecule has 1 aliphatic rings. The van der Waals surface area contributed by atoms with Crippen LogP contribution in [0.3, 0.4) is 0 Å². The van der Waals surface area contributed by atoms with Crippen molar-refractivity contribution in [2.24, 2.45) is 13.0 Å². The maximum Gasteiger partial charge on any atom is 0.150 e. The van der Waals surface area contributed by atoms with E-state index in [2.05, 4.69) is 5.10 Å². The zero-order valence-electron chi connectivity index (χ0n) is 11.9. The molecule has 2 rings (SSSR count). The summed E-state index contributed by atoms with van der Waals surface area (Å²) in [6, 6.07) is 0. The van der Waals surface area contributed by atoms with E-state index in [4.69, 9.17) is 0 Å². The Hall–Kier alpha value is -0.880. The fraction of sp³-hybridized carbons (Fsp3) is 0.769. The summed E-state index contributed by atoms with van der Waals surface area (Å²) in [7, 11) is -1.16. The Balaban J connectivity index is 2.32. The molecule has 1 aliphatic heterocycles. The van der Waals surface area contributed by atoms with Gasteiger partial charge < -0.3 is 5.11 Å². The number of aliphatic hydroxyl groups is 1. The van der Waals surface area contributed by atoms with E-state index >= 15 is 0 Å². The van der Waals surface area contributed by atoms with Crippen molar-refractivity contribution in [3.05, 3.63) is 17.5 Å². The van der Waals surface area contributed by atoms with Crippen molar-refractivity contribution in [3.8, 4) is 0 Å². The fourth-order valence-corrected chi connectivity index (χ4v) is 4.46. The number of sulfone groups is 1. The van der Waals surface area contributed by atoms with E-state index in [0.29, 0.717) is 6.42 Å². The number of rotatable bonds is 2. The quantitative estimate of drug-likeness (QED) is 0.886. The van der Waals surface area contributed by atoms with Gasteiger partial charge in [-0.1, -0.05) is 20.8 Å². The van der Waals surface area contributed by atoms with Gasteiger partial charge in [-0.05, 0) is 6.42 Å². The van der Waals surface area contributed by atoms with Gasteiger partial charge in [0.25, 0.3) is 0 Å². The van der Waals surface area contributed by atoms with Crippen LogP contribution < -0.4 is 0 Å². The molecule has 6 heteroatoms. The molecule has 1 aromatic rings. The number of aromatic nitrogens is 2. The van der Waals surface area contributed by atoms with Crippen molar-refractivity contribution < 1.29 is 13.5 Å². The molecule has 2 unspecified atom stereocenters. The Morgan fingerprint density at radius 3 is 2.58 bits per heavy atom. The summed E-state index contributed by atoms with van der Waals surface area (Å²) in [6.45, 7) is 6.12. The molecule has 1 N–H and O–H groups in total. The van der Waals surface area contributed by atoms with E-state index in [1.807, 2.05) is 27.8 Å². The monoisotopic (exact) mass is 286 g/mol. The Labute approximate surface area is 114 Å². The molecule has 0 aliphatic carbocycles. The summed E-state index contributed by atoms with van der Waals surface area (Å²) < 4.78 is 24.7. The Morgan fingerprint density at radius 2 is 2.11 bits per heavy atom. The number of hydrogen-bond acceptors (Lipinski definition) is 4. The van der Waals surface area contributed by atoms with Gasteiger partial charge in [0.2, 0.25) is 0 Å². The van der Waals surface area contributed by atoms with Gasteiger partial charge in [0, 0.05) is 30.1 Å². The van der Waals surface area contributed by atoms with Crippen LogP contribution in [-0.2, 0) is 22.3 Å². The van der Waals surface area contributed by atoms with Crippen LogP contribution in [-0.4, -0.2) is 34.8 Å². The van der Waals surface area contributed by atoms with Crippen LogP contribution in [0.1, 0.15) is 44.6 Å². The van der Waals surface area contributed by atoms with Crippen LogP contribution in [0.15, 0.2) is 6.20 Å². The van der Waals surface area contributed by atoms with Crippen LogP contribution in [0.5, 0.6) is 0 Å². The largest absolute Gasteiger partial charge is 0.388 e. The molecule has 1 saturated heterocycles. The minimum absolute atomic E-state index is 0.0760. The maximum absolute atomic E-state index is 11.5. The zero-order valence-corrected chi connectivity index (χ0v) is 12.7. The van der Waals surface area contributed by atoms with Crippen LogP contribution >= 0.6 is 0 Å². The lowest BCUT2D eigenvalue weighted by Gasteiger charge is -2.22. The second kappa shape index (κ2) is 4.59. The third kappa shape index (κ3) is 3.00. The zero-order chi connectivity index (χ0) is 14.4. The molecule has 0 spiro atoms. The molecule has 1 aromatic heterocycles. The number of aryl methyl sites for hydroxylation is 1. The summed E-state index contributed by atoms with van der Waals surface area (Å²) in [6.07, 6.45) is 1.58. The fourth-order valence-electron chi connectivity index (χ4n) is 2.63. The average molecular weight is 286 g/mol. The first-order chi connectivity index (χ1) is 8.60. The van der Waals surface area contributed by atoms with E-state index in [0.717, 1.165) is 11.3 Å². The highest BCUT2D eigenvalue weighted by Gasteiger charge is 2.36. The lowest BCUT2D eigenvalue weighted by Crippen LogP contribution is -2.20. The predicted octanol–water partition coefficient (Wildman–Crippen LogP) is 1.19. The molecule has 5 nitrogen and oxygen atoms in total. The molecular weight excluding hydrogens is 264 g/mol. The van der Waals surface area contributed by atoms with Crippen LogP contribution in [0.4, 0.5) is 0 Å². The molecule has 0 radical (unpaired) electrons. The van der Waals surface area contributed by atoms with E-state index < -0.39 is 15.9 Å². The number of aliphatic hydroxyl groups excluding tert-OH is 1. The molecular formula is C13H22N2O3S. The molecule has 0 amide bonds. The summed E-state index contributed by atoms with van der Waals surface area (Å²) in [5.41, 5.74) is 1.43. The highest BCUT2D eigenvalue weighted by molar-refractivity contribution is 7.91. The van der Waals surface area contributed by atoms with Crippen molar-refractivity contribution in [3.63, 3.8) is 0 Å². The van der Waals surface area contributed by atoms with Gasteiger partial charge in [0.15, 0.2) is 9.84 Å². The van der Waals surface area contributed by atoms with Gasteiger partial charge in [0.1, 0.15) is 0 Å². The lowest BCUT2D eigenvalue weighted by atomic mass is 9.85. The molecule has 0 aromatic carbocycles. The van der Waals surface area contributed by atoms with Gasteiger partial charge in [-0.2, -0.15) is 5.10 Å². The SMILES string of the molecule is Cn1cc(C(O)C2CCS(=O)(=O)C2)c(C(C)(C)C)n1. The molecule has 19 heavy (non-hydrogen) atoms. The van der Waals surface area contributed by atoms with E-state index in [1.54, 1.807) is 10.9 Å². The Kier molecular flexibility index (Phi) is 3.51. The second-order valence-corrected chi connectivity index (χ2v) is 8.69. The topological polar surface area (TPSA) is 72.2 Å². The van der Waals surface area contributed by atoms with E-state index in [9.17, 15) is 13.5 Å². The van der Waals surface area contributed by atoms with Crippen LogP contribution in [0, 0.1) is 5.92 Å². The van der Waals surface area contributed by atoms with Crippen molar-refractivity contribution in [1.29, 1.82) is 0 Å². The van der Waals surface area contributed by atoms with Crippen molar-refractivity contribution in [2.75, 3.05) is 11.5 Å². The average Bonchev–Trinajstić information content (AvgIpc) is 2.80. The molecule has 0 saturated carbocycles. The first kappa shape index (κ1) is 14.5. The van der Waals surface area contributed by atoms with Gasteiger partial charge >= 0.3 is 0 Å². The summed E-state index contributed by atoms with van der Waals surface area (Å²) in [4.78, 5) is 0. The first-order valence-corrected chi connectivity index (χ1v) is 8.35. The standard InChI is InChI=1S/C13H22N2O3S/c1-13(2,3)12-10(7-15(4)14-12)11(16)9-5-6-19(17,18)8-9/h7,9,11,16H,5-6,8H2,1-4H3. The normalized spacial score (nSPS) is 24.6. The molecule has 1 fully saturated rings. The molecule has 0 bridgehead atoms. The first-order valence-electron chi connectivity index (χ1n) is 6.53. The van der Waals surface area contributed by atoms with Gasteiger partial charge in [-0.15, -0.1) is 0 Å². The van der Waals surface area contributed by atoms with Crippen molar-refractivity contribution >= 4 is 9.84 Å². The Bertz CT molecular complexity index is 569. The summed E-state index contributed by atoms with van der Waals surface area (Å²) in [5.74, 6) is 0.0437. The van der Waals surface area contributed by atoms with Crippen molar-refractivity contribution in [1.82, 2.24) is 9.78 Å². The summed E-state index contributed by atoms with van der Waals surface area (Å²) in [5, 5.41) is 14.9. The third-order valence-corrected chi connectivity index (χ3v) is 5.39. The van der Waals surface area contributed by atoms with Crippen molar-refractivity contribution in [2.45, 2.75) is 38.7 Å². The third-order valence-electron chi connectivity index (χ3n) is 3.60. The van der Waals surface area contributed by atoms with Gasteiger partial charge in [0.05, 0.1) is 23.3 Å². The molecule has 108 valence electrons. The van der Waals surface area contributed by atoms with Crippen LogP contribution in [0.2, 0.25) is 0 Å². The highest BCUT2D eigenvalue weighted by atomic mass is 32.2. The maximum atomic E-state index is 11.5. The number of nitrogens with zero attached hydrogens (tertiary/aromatic N) is 2. The minimum Gasteiger partial charge on any atom is -0.388 e. The highest BCUT2D eigenvalue weighted by Crippen LogP contribution is 2.36. The Morgan fingerprint density at radius 1 is 1.47 bits per heavy atom.